The fourth-order valence-electron chi connectivity index (χ4n) is 4.72. The third-order valence-corrected chi connectivity index (χ3v) is 6.78. The summed E-state index contributed by atoms with van der Waals surface area (Å²) in [4.78, 5) is 25.0. The van der Waals surface area contributed by atoms with Crippen LogP contribution in [0.1, 0.15) is 56.8 Å². The molecule has 9 heteroatoms. The van der Waals surface area contributed by atoms with E-state index >= 15 is 8.78 Å². The van der Waals surface area contributed by atoms with Crippen LogP contribution in [-0.4, -0.2) is 34.7 Å². The lowest BCUT2D eigenvalue weighted by atomic mass is 9.95. The molecule has 0 spiro atoms. The van der Waals surface area contributed by atoms with Crippen molar-refractivity contribution in [2.45, 2.75) is 64.3 Å². The third-order valence-electron chi connectivity index (χ3n) is 6.78. The number of carbonyl (C=O) groups is 2. The van der Waals surface area contributed by atoms with Crippen molar-refractivity contribution in [3.63, 3.8) is 0 Å². The van der Waals surface area contributed by atoms with E-state index in [1.807, 2.05) is 30.3 Å². The Morgan fingerprint density at radius 3 is 2.02 bits per heavy atom. The summed E-state index contributed by atoms with van der Waals surface area (Å²) >= 11 is 0. The first-order valence-electron chi connectivity index (χ1n) is 14.6. The van der Waals surface area contributed by atoms with Gasteiger partial charge in [-0.25, -0.2) is 4.79 Å². The molecule has 0 saturated carbocycles. The van der Waals surface area contributed by atoms with Gasteiger partial charge in [-0.3, -0.25) is 4.79 Å². The molecule has 0 heterocycles. The predicted octanol–water partition coefficient (Wildman–Crippen LogP) is 7.78. The van der Waals surface area contributed by atoms with E-state index in [2.05, 4.69) is 10.6 Å². The fourth-order valence-corrected chi connectivity index (χ4v) is 4.72. The molecular weight excluding hydrogens is 578 g/mol. The number of benzene rings is 4. The minimum Gasteiger partial charge on any atom is -0.508 e. The molecule has 0 aliphatic carbocycles. The van der Waals surface area contributed by atoms with Crippen molar-refractivity contribution >= 4 is 12.0 Å². The van der Waals surface area contributed by atoms with Crippen molar-refractivity contribution in [2.24, 2.45) is 0 Å². The molecule has 0 radical (unpaired) electrons. The first-order chi connectivity index (χ1) is 21.3. The van der Waals surface area contributed by atoms with E-state index in [0.717, 1.165) is 11.1 Å². The molecule has 4 aromatic carbocycles. The molecule has 0 aliphatic rings. The number of aromatic hydroxyl groups is 1. The molecule has 4 aromatic rings. The number of phenolic OH excluding ortho intramolecular Hbond substituents is 1. The van der Waals surface area contributed by atoms with Gasteiger partial charge in [-0.1, -0.05) is 84.9 Å². The van der Waals surface area contributed by atoms with Crippen LogP contribution in [0.5, 0.6) is 11.5 Å². The van der Waals surface area contributed by atoms with E-state index in [1.54, 1.807) is 87.5 Å². The summed E-state index contributed by atoms with van der Waals surface area (Å²) in [5.74, 6) is -4.72. The second-order valence-electron chi connectivity index (χ2n) is 11.9. The van der Waals surface area contributed by atoms with Gasteiger partial charge in [0.15, 0.2) is 0 Å². The summed E-state index contributed by atoms with van der Waals surface area (Å²) in [5, 5.41) is 15.2. The zero-order valence-corrected chi connectivity index (χ0v) is 25.7. The quantitative estimate of drug-likeness (QED) is 0.160. The molecule has 3 N–H and O–H groups in total. The number of ether oxygens (including phenoxy) is 2. The van der Waals surface area contributed by atoms with Crippen LogP contribution in [-0.2, 0) is 16.1 Å². The highest BCUT2D eigenvalue weighted by Gasteiger charge is 2.42. The average molecular weight is 617 g/mol. The summed E-state index contributed by atoms with van der Waals surface area (Å²) in [7, 11) is 0. The number of alkyl halides is 2. The molecule has 2 amide bonds. The monoisotopic (exact) mass is 616 g/mol. The highest BCUT2D eigenvalue weighted by molar-refractivity contribution is 5.84. The zero-order chi connectivity index (χ0) is 32.6. The van der Waals surface area contributed by atoms with E-state index in [4.69, 9.17) is 9.47 Å². The predicted molar refractivity (Wildman–Crippen MR) is 169 cm³/mol. The number of nitrogens with one attached hydrogen (secondary N) is 2. The summed E-state index contributed by atoms with van der Waals surface area (Å²) in [6.45, 7) is 6.72. The van der Waals surface area contributed by atoms with Gasteiger partial charge in [0.2, 0.25) is 0 Å². The van der Waals surface area contributed by atoms with Crippen LogP contribution in [0.25, 0.3) is 11.1 Å². The van der Waals surface area contributed by atoms with Crippen LogP contribution in [0.15, 0.2) is 103 Å². The maximum Gasteiger partial charge on any atom is 0.407 e. The fraction of sp³-hybridized carbons (Fsp3) is 0.278. The van der Waals surface area contributed by atoms with Gasteiger partial charge in [-0.05, 0) is 67.6 Å². The van der Waals surface area contributed by atoms with Gasteiger partial charge < -0.3 is 25.2 Å². The van der Waals surface area contributed by atoms with Crippen molar-refractivity contribution in [3.05, 3.63) is 120 Å². The van der Waals surface area contributed by atoms with E-state index in [1.165, 1.54) is 13.0 Å². The largest absolute Gasteiger partial charge is 0.508 e. The first-order valence-corrected chi connectivity index (χ1v) is 14.6. The molecule has 4 rings (SSSR count). The van der Waals surface area contributed by atoms with Crippen molar-refractivity contribution in [2.75, 3.05) is 0 Å². The molecule has 0 saturated heterocycles. The number of halogens is 2. The summed E-state index contributed by atoms with van der Waals surface area (Å²) in [6, 6.07) is 28.6. The Morgan fingerprint density at radius 2 is 1.40 bits per heavy atom. The smallest absolute Gasteiger partial charge is 0.407 e. The molecular formula is C36H38F2N2O5. The summed E-state index contributed by atoms with van der Waals surface area (Å²) < 4.78 is 41.3. The Labute approximate surface area is 262 Å². The van der Waals surface area contributed by atoms with Crippen molar-refractivity contribution in [1.29, 1.82) is 0 Å². The van der Waals surface area contributed by atoms with Crippen LogP contribution in [0.4, 0.5) is 13.6 Å². The molecule has 2 atom stereocenters. The molecule has 0 aromatic heterocycles. The van der Waals surface area contributed by atoms with Gasteiger partial charge in [0.05, 0.1) is 6.04 Å². The topological polar surface area (TPSA) is 96.9 Å². The van der Waals surface area contributed by atoms with Crippen LogP contribution in [0.2, 0.25) is 0 Å². The van der Waals surface area contributed by atoms with Crippen LogP contribution >= 0.6 is 0 Å². The van der Waals surface area contributed by atoms with Crippen LogP contribution in [0.3, 0.4) is 0 Å². The van der Waals surface area contributed by atoms with Gasteiger partial charge in [0.1, 0.15) is 23.7 Å². The molecule has 236 valence electrons. The second-order valence-corrected chi connectivity index (χ2v) is 11.9. The highest BCUT2D eigenvalue weighted by Crippen LogP contribution is 2.32. The minimum atomic E-state index is -3.78. The normalized spacial score (nSPS) is 12.9. The highest BCUT2D eigenvalue weighted by atomic mass is 19.3. The lowest BCUT2D eigenvalue weighted by Gasteiger charge is -2.26. The molecule has 2 unspecified atom stereocenters. The number of rotatable bonds is 11. The minimum absolute atomic E-state index is 0.0340. The number of carbonyl (C=O) groups excluding carboxylic acids is 2. The van der Waals surface area contributed by atoms with Crippen molar-refractivity contribution < 1.29 is 33.0 Å². The van der Waals surface area contributed by atoms with Gasteiger partial charge in [-0.15, -0.1) is 0 Å². The second kappa shape index (κ2) is 14.2. The van der Waals surface area contributed by atoms with E-state index in [0.29, 0.717) is 29.0 Å². The Balaban J connectivity index is 1.50. The number of hydrogen-bond donors (Lipinski definition) is 3. The number of alkyl carbamates (subject to hydrolysis) is 1. The molecule has 45 heavy (non-hydrogen) atoms. The Kier molecular flexibility index (Phi) is 10.4. The summed E-state index contributed by atoms with van der Waals surface area (Å²) in [6.07, 6.45) is -1.75. The number of amides is 2. The van der Waals surface area contributed by atoms with Crippen LogP contribution in [0, 0.1) is 0 Å². The molecule has 0 bridgehead atoms. The molecule has 0 aliphatic heterocycles. The Hall–Kier alpha value is -4.92. The van der Waals surface area contributed by atoms with E-state index in [-0.39, 0.29) is 5.75 Å². The SMILES string of the molecule is CC(CC(F)(F)C(=O)NC(c1ccccc1)c1ccc(-c2cc(O)cc(OCc3ccccc3)c2)cc1)NC(=O)OC(C)(C)C. The lowest BCUT2D eigenvalue weighted by Crippen LogP contribution is -2.47. The Bertz CT molecular complexity index is 1570. The first kappa shape index (κ1) is 33.0. The maximum absolute atomic E-state index is 15.1. The van der Waals surface area contributed by atoms with E-state index in [9.17, 15) is 14.7 Å². The van der Waals surface area contributed by atoms with Crippen LogP contribution < -0.4 is 15.4 Å². The number of hydrogen-bond acceptors (Lipinski definition) is 5. The third kappa shape index (κ3) is 9.79. The zero-order valence-electron chi connectivity index (χ0n) is 25.7. The standard InChI is InChI=1S/C36H38F2N2O5/c1-24(39-34(43)45-35(2,3)4)22-36(37,38)33(42)40-32(27-13-9-6-10-14-27)28-17-15-26(16-18-28)29-19-30(41)21-31(20-29)44-23-25-11-7-5-8-12-25/h5-21,24,32,41H,22-23H2,1-4H3,(H,39,43)(H,40,42). The summed E-state index contributed by atoms with van der Waals surface area (Å²) in [5.41, 5.74) is 2.84. The average Bonchev–Trinajstić information content (AvgIpc) is 2.98. The van der Waals surface area contributed by atoms with Gasteiger partial charge in [0, 0.05) is 18.5 Å². The molecule has 7 nitrogen and oxygen atoms in total. The Morgan fingerprint density at radius 1 is 0.800 bits per heavy atom. The number of phenols is 1. The maximum atomic E-state index is 15.1. The van der Waals surface area contributed by atoms with Crippen molar-refractivity contribution in [3.8, 4) is 22.6 Å². The van der Waals surface area contributed by atoms with Gasteiger partial charge >= 0.3 is 12.0 Å². The van der Waals surface area contributed by atoms with E-state index < -0.39 is 42.0 Å². The molecule has 0 fully saturated rings. The van der Waals surface area contributed by atoms with Gasteiger partial charge in [-0.2, -0.15) is 8.78 Å². The van der Waals surface area contributed by atoms with Crippen molar-refractivity contribution in [1.82, 2.24) is 10.6 Å². The van der Waals surface area contributed by atoms with Gasteiger partial charge in [0.25, 0.3) is 5.91 Å². The lowest BCUT2D eigenvalue weighted by molar-refractivity contribution is -0.147.